The minimum atomic E-state index is -4.96. The Kier molecular flexibility index (Phi) is 9.25. The van der Waals surface area contributed by atoms with Crippen molar-refractivity contribution in [3.63, 3.8) is 0 Å². The lowest BCUT2D eigenvalue weighted by atomic mass is 10.1. The van der Waals surface area contributed by atoms with E-state index in [1.807, 2.05) is 0 Å². The summed E-state index contributed by atoms with van der Waals surface area (Å²) >= 11 is 5.89. The van der Waals surface area contributed by atoms with Gasteiger partial charge in [-0.05, 0) is 17.7 Å². The van der Waals surface area contributed by atoms with Crippen LogP contribution in [-0.2, 0) is 21.4 Å². The van der Waals surface area contributed by atoms with Crippen molar-refractivity contribution in [3.8, 4) is 5.75 Å². The predicted octanol–water partition coefficient (Wildman–Crippen LogP) is 3.81. The number of ether oxygens (including phenoxy) is 1. The van der Waals surface area contributed by atoms with Gasteiger partial charge < -0.3 is 14.7 Å². The number of aliphatic imine (C=N–C) groups is 1. The number of halogens is 4. The number of carboxylic acid groups (broad SMARTS) is 1. The van der Waals surface area contributed by atoms with Gasteiger partial charge in [0.05, 0.1) is 18.1 Å². The Balaban J connectivity index is 1.57. The smallest absolute Gasteiger partial charge is 0.465 e. The molecule has 0 spiro atoms. The third-order valence-electron chi connectivity index (χ3n) is 5.53. The van der Waals surface area contributed by atoms with Crippen LogP contribution in [0.1, 0.15) is 11.1 Å². The van der Waals surface area contributed by atoms with Crippen LogP contribution in [0.4, 0.5) is 18.0 Å². The summed E-state index contributed by atoms with van der Waals surface area (Å²) in [5.74, 6) is -0.701. The maximum Gasteiger partial charge on any atom is 0.573 e. The van der Waals surface area contributed by atoms with Gasteiger partial charge in [0.15, 0.2) is 0 Å². The summed E-state index contributed by atoms with van der Waals surface area (Å²) in [6.07, 6.45) is -3.51. The Morgan fingerprint density at radius 3 is 2.44 bits per heavy atom. The maximum absolute atomic E-state index is 12.8. The highest BCUT2D eigenvalue weighted by Gasteiger charge is 2.32. The fraction of sp³-hybridized carbons (Fsp3) is 0.292. The second-order valence-electron chi connectivity index (χ2n) is 8.36. The van der Waals surface area contributed by atoms with Crippen LogP contribution in [-0.4, -0.2) is 85.6 Å². The Bertz CT molecular complexity index is 1400. The lowest BCUT2D eigenvalue weighted by Crippen LogP contribution is -2.33. The molecule has 2 aromatic carbocycles. The molecule has 3 rings (SSSR count). The SMILES string of the molecule is CN(Cc1ccc(C2=NCCN2C(=O)O)cc1)C(=O)/C=C/CN(C)S(=O)(=O)c1ccc(OC(F)(F)F)cc1Cl. The van der Waals surface area contributed by atoms with Crippen molar-refractivity contribution in [1.29, 1.82) is 0 Å². The molecule has 0 saturated carbocycles. The number of carbonyl (C=O) groups is 2. The van der Waals surface area contributed by atoms with Gasteiger partial charge >= 0.3 is 12.5 Å². The number of carbonyl (C=O) groups excluding carboxylic acids is 1. The van der Waals surface area contributed by atoms with E-state index in [0.717, 1.165) is 33.0 Å². The molecule has 1 heterocycles. The van der Waals surface area contributed by atoms with Gasteiger partial charge in [0.25, 0.3) is 0 Å². The maximum atomic E-state index is 12.8. The fourth-order valence-corrected chi connectivity index (χ4v) is 5.20. The number of alkyl halides is 3. The zero-order valence-electron chi connectivity index (χ0n) is 20.7. The van der Waals surface area contributed by atoms with Gasteiger partial charge in [-0.15, -0.1) is 13.2 Å². The minimum absolute atomic E-state index is 0.212. The molecule has 0 fully saturated rings. The molecule has 0 radical (unpaired) electrons. The lowest BCUT2D eigenvalue weighted by Gasteiger charge is -2.18. The summed E-state index contributed by atoms with van der Waals surface area (Å²) in [6, 6.07) is 9.43. The number of hydrogen-bond acceptors (Lipinski definition) is 6. The average molecular weight is 589 g/mol. The molecule has 2 aromatic rings. The third kappa shape index (κ3) is 7.71. The van der Waals surface area contributed by atoms with E-state index in [2.05, 4.69) is 9.73 Å². The number of hydrogen-bond donors (Lipinski definition) is 1. The molecule has 39 heavy (non-hydrogen) atoms. The quantitative estimate of drug-likeness (QED) is 0.445. The fourth-order valence-electron chi connectivity index (χ4n) is 3.57. The molecule has 0 unspecified atom stereocenters. The van der Waals surface area contributed by atoms with Gasteiger partial charge in [0, 0.05) is 44.9 Å². The highest BCUT2D eigenvalue weighted by Crippen LogP contribution is 2.31. The monoisotopic (exact) mass is 588 g/mol. The molecular weight excluding hydrogens is 565 g/mol. The van der Waals surface area contributed by atoms with Crippen LogP contribution >= 0.6 is 11.6 Å². The van der Waals surface area contributed by atoms with E-state index in [-0.39, 0.29) is 13.1 Å². The zero-order valence-corrected chi connectivity index (χ0v) is 22.3. The summed E-state index contributed by atoms with van der Waals surface area (Å²) in [5.41, 5.74) is 1.41. The summed E-state index contributed by atoms with van der Waals surface area (Å²) in [7, 11) is -1.40. The molecule has 0 aromatic heterocycles. The van der Waals surface area contributed by atoms with Crippen molar-refractivity contribution in [2.24, 2.45) is 4.99 Å². The topological polar surface area (TPSA) is 120 Å². The number of benzene rings is 2. The Morgan fingerprint density at radius 2 is 1.85 bits per heavy atom. The summed E-state index contributed by atoms with van der Waals surface area (Å²) in [4.78, 5) is 30.2. The first-order valence-electron chi connectivity index (χ1n) is 11.3. The Morgan fingerprint density at radius 1 is 1.18 bits per heavy atom. The molecule has 1 aliphatic heterocycles. The van der Waals surface area contributed by atoms with Gasteiger partial charge in [-0.3, -0.25) is 14.7 Å². The van der Waals surface area contributed by atoms with E-state index >= 15 is 0 Å². The van der Waals surface area contributed by atoms with Crippen molar-refractivity contribution in [1.82, 2.24) is 14.1 Å². The molecule has 0 aliphatic carbocycles. The molecule has 0 bridgehead atoms. The van der Waals surface area contributed by atoms with Crippen molar-refractivity contribution in [2.45, 2.75) is 17.8 Å². The Labute approximate surface area is 227 Å². The van der Waals surface area contributed by atoms with Crippen molar-refractivity contribution < 1.29 is 41.0 Å². The molecular formula is C24H24ClF3N4O6S. The van der Waals surface area contributed by atoms with Crippen LogP contribution in [0.15, 0.2) is 64.5 Å². The van der Waals surface area contributed by atoms with Gasteiger partial charge in [0.2, 0.25) is 15.9 Å². The Hall–Kier alpha value is -3.62. The molecule has 1 N–H and O–H groups in total. The van der Waals surface area contributed by atoms with Crippen molar-refractivity contribution in [2.75, 3.05) is 33.7 Å². The van der Waals surface area contributed by atoms with E-state index in [9.17, 15) is 36.3 Å². The molecule has 10 nitrogen and oxygen atoms in total. The number of likely N-dealkylation sites (N-methyl/N-ethyl adjacent to an activating group) is 2. The third-order valence-corrected chi connectivity index (χ3v) is 7.83. The van der Waals surface area contributed by atoms with Crippen molar-refractivity contribution in [3.05, 3.63) is 70.8 Å². The standard InChI is InChI=1S/C24H24ClF3N4O6S/c1-30(15-16-5-7-17(8-6-16)22-29-11-13-32(22)23(34)35)21(33)4-3-12-31(2)39(36,37)20-10-9-18(14-19(20)25)38-24(26,27)28/h3-10,14H,11-13,15H2,1-2H3,(H,34,35)/b4-3+. The van der Waals surface area contributed by atoms with E-state index in [1.54, 1.807) is 31.3 Å². The second-order valence-corrected chi connectivity index (χ2v) is 10.8. The summed E-state index contributed by atoms with van der Waals surface area (Å²) in [5, 5.41) is 8.80. The van der Waals surface area contributed by atoms with Gasteiger partial charge in [-0.2, -0.15) is 4.31 Å². The van der Waals surface area contributed by atoms with E-state index < -0.39 is 44.1 Å². The predicted molar refractivity (Wildman–Crippen MR) is 136 cm³/mol. The largest absolute Gasteiger partial charge is 0.573 e. The normalized spacial score (nSPS) is 14.1. The zero-order chi connectivity index (χ0) is 29.0. The number of sulfonamides is 1. The van der Waals surface area contributed by atoms with E-state index in [1.165, 1.54) is 24.1 Å². The molecule has 15 heteroatoms. The first-order valence-corrected chi connectivity index (χ1v) is 13.1. The van der Waals surface area contributed by atoms with Gasteiger partial charge in [0.1, 0.15) is 16.5 Å². The first-order chi connectivity index (χ1) is 18.2. The van der Waals surface area contributed by atoms with Crippen LogP contribution in [0.3, 0.4) is 0 Å². The minimum Gasteiger partial charge on any atom is -0.465 e. The highest BCUT2D eigenvalue weighted by molar-refractivity contribution is 7.89. The highest BCUT2D eigenvalue weighted by atomic mass is 35.5. The van der Waals surface area contributed by atoms with Crippen LogP contribution in [0.5, 0.6) is 5.75 Å². The second kappa shape index (κ2) is 12.1. The van der Waals surface area contributed by atoms with Crippen LogP contribution in [0, 0.1) is 0 Å². The first kappa shape index (κ1) is 29.9. The van der Waals surface area contributed by atoms with Gasteiger partial charge in [-0.25, -0.2) is 13.2 Å². The van der Waals surface area contributed by atoms with Crippen LogP contribution < -0.4 is 4.74 Å². The number of amidine groups is 1. The molecule has 0 atom stereocenters. The van der Waals surface area contributed by atoms with Crippen LogP contribution in [0.25, 0.3) is 0 Å². The summed E-state index contributed by atoms with van der Waals surface area (Å²) < 4.78 is 67.3. The molecule has 0 saturated heterocycles. The van der Waals surface area contributed by atoms with Crippen LogP contribution in [0.2, 0.25) is 5.02 Å². The van der Waals surface area contributed by atoms with Crippen molar-refractivity contribution >= 4 is 39.5 Å². The number of amides is 2. The van der Waals surface area contributed by atoms with Gasteiger partial charge in [-0.1, -0.05) is 41.9 Å². The summed E-state index contributed by atoms with van der Waals surface area (Å²) in [6.45, 7) is 0.701. The number of nitrogens with zero attached hydrogens (tertiary/aromatic N) is 4. The lowest BCUT2D eigenvalue weighted by molar-refractivity contribution is -0.274. The molecule has 1 aliphatic rings. The average Bonchev–Trinajstić information content (AvgIpc) is 3.33. The molecule has 2 amide bonds. The van der Waals surface area contributed by atoms with E-state index in [4.69, 9.17) is 11.6 Å². The van der Waals surface area contributed by atoms with E-state index in [0.29, 0.717) is 24.5 Å². The number of rotatable bonds is 9. The molecule has 210 valence electrons.